The molecule has 4 aromatic rings. The van der Waals surface area contributed by atoms with Crippen molar-refractivity contribution in [3.63, 3.8) is 0 Å². The topological polar surface area (TPSA) is 135 Å². The monoisotopic (exact) mass is 564 g/mol. The SMILES string of the molecule is COc1cc(C=NNC(=O)C(=O)Nc2ccccc2C(=O)Nc2ccc(C)cc2)ccc1OC(=O)c1ccc(C)cc1. The van der Waals surface area contributed by atoms with Gasteiger partial charge in [-0.1, -0.05) is 47.5 Å². The quantitative estimate of drug-likeness (QED) is 0.0919. The maximum Gasteiger partial charge on any atom is 0.343 e. The van der Waals surface area contributed by atoms with Crippen LogP contribution < -0.4 is 25.5 Å². The molecule has 0 heterocycles. The Morgan fingerprint density at radius 1 is 0.738 bits per heavy atom. The Hall–Kier alpha value is -5.77. The van der Waals surface area contributed by atoms with Gasteiger partial charge in [0.15, 0.2) is 11.5 Å². The van der Waals surface area contributed by atoms with Crippen molar-refractivity contribution in [2.24, 2.45) is 5.10 Å². The van der Waals surface area contributed by atoms with Crippen LogP contribution in [0.2, 0.25) is 0 Å². The van der Waals surface area contributed by atoms with Crippen LogP contribution in [0.4, 0.5) is 11.4 Å². The molecule has 10 heteroatoms. The molecule has 0 spiro atoms. The highest BCUT2D eigenvalue weighted by Crippen LogP contribution is 2.28. The Bertz CT molecular complexity index is 1650. The Balaban J connectivity index is 1.35. The van der Waals surface area contributed by atoms with E-state index < -0.39 is 23.7 Å². The zero-order valence-corrected chi connectivity index (χ0v) is 23.1. The molecule has 10 nitrogen and oxygen atoms in total. The second kappa shape index (κ2) is 13.5. The fourth-order valence-corrected chi connectivity index (χ4v) is 3.72. The van der Waals surface area contributed by atoms with Gasteiger partial charge in [0.05, 0.1) is 30.1 Å². The number of hydrazone groups is 1. The van der Waals surface area contributed by atoms with E-state index in [1.54, 1.807) is 48.5 Å². The zero-order valence-electron chi connectivity index (χ0n) is 23.1. The average Bonchev–Trinajstić information content (AvgIpc) is 2.99. The number of aryl methyl sites for hydroxylation is 2. The van der Waals surface area contributed by atoms with Gasteiger partial charge < -0.3 is 20.1 Å². The lowest BCUT2D eigenvalue weighted by Gasteiger charge is -2.11. The highest BCUT2D eigenvalue weighted by Gasteiger charge is 2.18. The summed E-state index contributed by atoms with van der Waals surface area (Å²) in [6.07, 6.45) is 1.29. The van der Waals surface area contributed by atoms with Crippen LogP contribution in [-0.2, 0) is 9.59 Å². The van der Waals surface area contributed by atoms with Crippen LogP contribution >= 0.6 is 0 Å². The molecule has 4 aromatic carbocycles. The van der Waals surface area contributed by atoms with Gasteiger partial charge in [-0.15, -0.1) is 0 Å². The number of para-hydroxylation sites is 1. The van der Waals surface area contributed by atoms with Crippen LogP contribution in [0.15, 0.2) is 96.1 Å². The molecule has 0 unspecified atom stereocenters. The molecule has 3 amide bonds. The third kappa shape index (κ3) is 7.66. The fraction of sp³-hybridized carbons (Fsp3) is 0.0938. The van der Waals surface area contributed by atoms with E-state index in [0.29, 0.717) is 16.8 Å². The average molecular weight is 565 g/mol. The summed E-state index contributed by atoms with van der Waals surface area (Å²) in [5, 5.41) is 9.02. The van der Waals surface area contributed by atoms with Crippen molar-refractivity contribution in [3.05, 3.63) is 119 Å². The van der Waals surface area contributed by atoms with Gasteiger partial charge in [-0.3, -0.25) is 14.4 Å². The van der Waals surface area contributed by atoms with Crippen LogP contribution in [0.5, 0.6) is 11.5 Å². The highest BCUT2D eigenvalue weighted by atomic mass is 16.6. The van der Waals surface area contributed by atoms with Crippen molar-refractivity contribution in [2.75, 3.05) is 17.7 Å². The number of carbonyl (C=O) groups excluding carboxylic acids is 4. The Labute approximate surface area is 242 Å². The van der Waals surface area contributed by atoms with Crippen molar-refractivity contribution in [1.29, 1.82) is 0 Å². The fourth-order valence-electron chi connectivity index (χ4n) is 3.72. The van der Waals surface area contributed by atoms with E-state index >= 15 is 0 Å². The van der Waals surface area contributed by atoms with Gasteiger partial charge in [0.25, 0.3) is 5.91 Å². The summed E-state index contributed by atoms with van der Waals surface area (Å²) >= 11 is 0. The number of esters is 1. The minimum absolute atomic E-state index is 0.159. The Morgan fingerprint density at radius 3 is 2.10 bits per heavy atom. The van der Waals surface area contributed by atoms with Crippen LogP contribution in [0.25, 0.3) is 0 Å². The molecule has 4 rings (SSSR count). The highest BCUT2D eigenvalue weighted by molar-refractivity contribution is 6.40. The molecule has 3 N–H and O–H groups in total. The van der Waals surface area contributed by atoms with Gasteiger partial charge in [-0.25, -0.2) is 10.2 Å². The molecular formula is C32H28N4O6. The van der Waals surface area contributed by atoms with E-state index in [1.807, 2.05) is 38.1 Å². The number of carbonyl (C=O) groups is 4. The van der Waals surface area contributed by atoms with Gasteiger partial charge >= 0.3 is 17.8 Å². The zero-order chi connectivity index (χ0) is 30.1. The van der Waals surface area contributed by atoms with Gasteiger partial charge in [0.1, 0.15) is 0 Å². The first-order chi connectivity index (χ1) is 20.2. The largest absolute Gasteiger partial charge is 0.493 e. The normalized spacial score (nSPS) is 10.5. The molecule has 0 aliphatic heterocycles. The molecule has 0 saturated carbocycles. The molecule has 0 saturated heterocycles. The number of hydrogen-bond acceptors (Lipinski definition) is 7. The first-order valence-electron chi connectivity index (χ1n) is 12.8. The number of amides is 3. The summed E-state index contributed by atoms with van der Waals surface area (Å²) in [6.45, 7) is 3.85. The van der Waals surface area contributed by atoms with Gasteiger partial charge in [0.2, 0.25) is 0 Å². The van der Waals surface area contributed by atoms with Gasteiger partial charge in [-0.2, -0.15) is 5.10 Å². The maximum absolute atomic E-state index is 12.8. The number of benzene rings is 4. The van der Waals surface area contributed by atoms with E-state index in [0.717, 1.165) is 11.1 Å². The number of anilines is 2. The molecule has 0 bridgehead atoms. The predicted molar refractivity (Wildman–Crippen MR) is 159 cm³/mol. The van der Waals surface area contributed by atoms with Crippen LogP contribution in [0, 0.1) is 13.8 Å². The van der Waals surface area contributed by atoms with Gasteiger partial charge in [-0.05, 0) is 74.0 Å². The van der Waals surface area contributed by atoms with Crippen LogP contribution in [-0.4, -0.2) is 37.0 Å². The molecule has 212 valence electrons. The van der Waals surface area contributed by atoms with Crippen molar-refractivity contribution in [3.8, 4) is 11.5 Å². The maximum atomic E-state index is 12.8. The van der Waals surface area contributed by atoms with Crippen molar-refractivity contribution >= 4 is 41.3 Å². The minimum atomic E-state index is -1.05. The third-order valence-corrected chi connectivity index (χ3v) is 5.99. The number of nitrogens with zero attached hydrogens (tertiary/aromatic N) is 1. The number of hydrogen-bond donors (Lipinski definition) is 3. The Kier molecular flexibility index (Phi) is 9.41. The third-order valence-electron chi connectivity index (χ3n) is 5.99. The lowest BCUT2D eigenvalue weighted by molar-refractivity contribution is -0.136. The van der Waals surface area contributed by atoms with E-state index in [1.165, 1.54) is 31.5 Å². The van der Waals surface area contributed by atoms with Crippen molar-refractivity contribution in [1.82, 2.24) is 5.43 Å². The molecule has 42 heavy (non-hydrogen) atoms. The number of methoxy groups -OCH3 is 1. The number of ether oxygens (including phenoxy) is 2. The number of nitrogens with one attached hydrogen (secondary N) is 3. The summed E-state index contributed by atoms with van der Waals surface area (Å²) in [7, 11) is 1.42. The predicted octanol–water partition coefficient (Wildman–Crippen LogP) is 4.87. The van der Waals surface area contributed by atoms with E-state index in [4.69, 9.17) is 9.47 Å². The summed E-state index contributed by atoms with van der Waals surface area (Å²) < 4.78 is 10.8. The van der Waals surface area contributed by atoms with Gasteiger partial charge in [0, 0.05) is 5.69 Å². The molecule has 0 radical (unpaired) electrons. The van der Waals surface area contributed by atoms with Crippen molar-refractivity contribution in [2.45, 2.75) is 13.8 Å². The molecule has 0 aliphatic rings. The number of rotatable bonds is 8. The molecule has 0 aromatic heterocycles. The first-order valence-corrected chi connectivity index (χ1v) is 12.8. The molecule has 0 atom stereocenters. The molecule has 0 aliphatic carbocycles. The van der Waals surface area contributed by atoms with E-state index in [9.17, 15) is 19.2 Å². The summed E-state index contributed by atoms with van der Waals surface area (Å²) in [4.78, 5) is 50.1. The first kappa shape index (κ1) is 29.2. The molecular weight excluding hydrogens is 536 g/mol. The lowest BCUT2D eigenvalue weighted by atomic mass is 10.1. The second-order valence-electron chi connectivity index (χ2n) is 9.18. The standard InChI is InChI=1S/C32H28N4O6/c1-20-8-13-23(14-9-20)32(40)42-27-17-12-22(18-28(27)41-3)19-33-36-31(39)30(38)35-26-7-5-4-6-25(26)29(37)34-24-15-10-21(2)11-16-24/h4-19H,1-3H3,(H,34,37)(H,35,38)(H,36,39). The van der Waals surface area contributed by atoms with Crippen LogP contribution in [0.1, 0.15) is 37.4 Å². The summed E-state index contributed by atoms with van der Waals surface area (Å²) in [5.41, 5.74) is 6.03. The second-order valence-corrected chi connectivity index (χ2v) is 9.18. The smallest absolute Gasteiger partial charge is 0.343 e. The minimum Gasteiger partial charge on any atom is -0.493 e. The van der Waals surface area contributed by atoms with Crippen molar-refractivity contribution < 1.29 is 28.7 Å². The Morgan fingerprint density at radius 2 is 1.40 bits per heavy atom. The van der Waals surface area contributed by atoms with E-state index in [2.05, 4.69) is 21.2 Å². The lowest BCUT2D eigenvalue weighted by Crippen LogP contribution is -2.33. The molecule has 0 fully saturated rings. The van der Waals surface area contributed by atoms with Crippen LogP contribution in [0.3, 0.4) is 0 Å². The summed E-state index contributed by atoms with van der Waals surface area (Å²) in [5.74, 6) is -2.58. The summed E-state index contributed by atoms with van der Waals surface area (Å²) in [6, 6.07) is 25.2. The van der Waals surface area contributed by atoms with E-state index in [-0.39, 0.29) is 22.7 Å².